The molecule has 1 aromatic rings. The summed E-state index contributed by atoms with van der Waals surface area (Å²) in [5.74, 6) is -0.493. The Balaban J connectivity index is 1.96. The second-order valence-corrected chi connectivity index (χ2v) is 4.88. The van der Waals surface area contributed by atoms with Crippen LogP contribution in [0.15, 0.2) is 18.2 Å². The van der Waals surface area contributed by atoms with Crippen molar-refractivity contribution >= 4 is 29.1 Å². The van der Waals surface area contributed by atoms with E-state index < -0.39 is 5.91 Å². The van der Waals surface area contributed by atoms with Gasteiger partial charge in [-0.1, -0.05) is 17.7 Å². The SMILES string of the molecule is Nc1cccc(Cl)c1C(=O)NCC(=O)N1CCCC1. The van der Waals surface area contributed by atoms with Crippen LogP contribution < -0.4 is 11.1 Å². The Hall–Kier alpha value is -1.75. The number of nitrogens with zero attached hydrogens (tertiary/aromatic N) is 1. The molecule has 0 saturated carbocycles. The summed E-state index contributed by atoms with van der Waals surface area (Å²) in [5, 5.41) is 2.85. The van der Waals surface area contributed by atoms with Crippen molar-refractivity contribution in [1.82, 2.24) is 10.2 Å². The van der Waals surface area contributed by atoms with Gasteiger partial charge < -0.3 is 16.0 Å². The number of nitrogens with one attached hydrogen (secondary N) is 1. The first-order valence-corrected chi connectivity index (χ1v) is 6.57. The summed E-state index contributed by atoms with van der Waals surface area (Å²) >= 11 is 5.93. The van der Waals surface area contributed by atoms with Gasteiger partial charge in [0, 0.05) is 18.8 Å². The van der Waals surface area contributed by atoms with E-state index in [0.29, 0.717) is 5.69 Å². The van der Waals surface area contributed by atoms with Crippen molar-refractivity contribution in [2.24, 2.45) is 0 Å². The number of nitrogen functional groups attached to an aromatic ring is 1. The van der Waals surface area contributed by atoms with Crippen molar-refractivity contribution in [2.75, 3.05) is 25.4 Å². The molecule has 0 spiro atoms. The zero-order chi connectivity index (χ0) is 13.8. The molecule has 0 bridgehead atoms. The fraction of sp³-hybridized carbons (Fsp3) is 0.385. The van der Waals surface area contributed by atoms with E-state index in [9.17, 15) is 9.59 Å². The van der Waals surface area contributed by atoms with Crippen LogP contribution in [-0.2, 0) is 4.79 Å². The molecule has 3 N–H and O–H groups in total. The van der Waals surface area contributed by atoms with Crippen molar-refractivity contribution in [3.8, 4) is 0 Å². The second kappa shape index (κ2) is 5.93. The summed E-state index contributed by atoms with van der Waals surface area (Å²) in [4.78, 5) is 25.5. The molecule has 0 atom stereocenters. The van der Waals surface area contributed by atoms with Crippen LogP contribution in [0.1, 0.15) is 23.2 Å². The summed E-state index contributed by atoms with van der Waals surface area (Å²) in [7, 11) is 0. The fourth-order valence-corrected chi connectivity index (χ4v) is 2.37. The topological polar surface area (TPSA) is 75.4 Å². The van der Waals surface area contributed by atoms with Gasteiger partial charge in [-0.2, -0.15) is 0 Å². The Morgan fingerprint density at radius 1 is 1.32 bits per heavy atom. The van der Waals surface area contributed by atoms with Crippen LogP contribution in [0.5, 0.6) is 0 Å². The molecule has 0 aliphatic carbocycles. The molecular weight excluding hydrogens is 266 g/mol. The lowest BCUT2D eigenvalue weighted by Crippen LogP contribution is -2.38. The van der Waals surface area contributed by atoms with E-state index in [0.717, 1.165) is 25.9 Å². The minimum Gasteiger partial charge on any atom is -0.398 e. The molecule has 6 heteroatoms. The summed E-state index contributed by atoms with van der Waals surface area (Å²) < 4.78 is 0. The number of halogens is 1. The van der Waals surface area contributed by atoms with Crippen molar-refractivity contribution < 1.29 is 9.59 Å². The maximum absolute atomic E-state index is 12.0. The lowest BCUT2D eigenvalue weighted by atomic mass is 10.1. The molecular formula is C13H16ClN3O2. The number of anilines is 1. The van der Waals surface area contributed by atoms with Gasteiger partial charge in [0.25, 0.3) is 5.91 Å². The van der Waals surface area contributed by atoms with Crippen LogP contribution in [0.3, 0.4) is 0 Å². The minimum atomic E-state index is -0.421. The van der Waals surface area contributed by atoms with Crippen LogP contribution in [0.4, 0.5) is 5.69 Å². The number of amides is 2. The zero-order valence-corrected chi connectivity index (χ0v) is 11.2. The molecule has 1 aliphatic heterocycles. The van der Waals surface area contributed by atoms with Crippen molar-refractivity contribution in [3.63, 3.8) is 0 Å². The molecule has 1 aromatic carbocycles. The van der Waals surface area contributed by atoms with Gasteiger partial charge >= 0.3 is 0 Å². The van der Waals surface area contributed by atoms with Crippen molar-refractivity contribution in [3.05, 3.63) is 28.8 Å². The molecule has 19 heavy (non-hydrogen) atoms. The maximum Gasteiger partial charge on any atom is 0.255 e. The van der Waals surface area contributed by atoms with E-state index in [4.69, 9.17) is 17.3 Å². The average Bonchev–Trinajstić information content (AvgIpc) is 2.89. The average molecular weight is 282 g/mol. The van der Waals surface area contributed by atoms with Crippen LogP contribution in [0, 0.1) is 0 Å². The summed E-state index contributed by atoms with van der Waals surface area (Å²) in [5.41, 5.74) is 6.24. The molecule has 0 aromatic heterocycles. The standard InChI is InChI=1S/C13H16ClN3O2/c14-9-4-3-5-10(15)12(9)13(19)16-8-11(18)17-6-1-2-7-17/h3-5H,1-2,6-8,15H2,(H,16,19). The Morgan fingerprint density at radius 2 is 2.00 bits per heavy atom. The third kappa shape index (κ3) is 3.17. The van der Waals surface area contributed by atoms with Gasteiger partial charge in [-0.15, -0.1) is 0 Å². The molecule has 0 radical (unpaired) electrons. The zero-order valence-electron chi connectivity index (χ0n) is 10.5. The molecule has 2 rings (SSSR count). The number of benzene rings is 1. The normalized spacial score (nSPS) is 14.5. The Kier molecular flexibility index (Phi) is 4.27. The third-order valence-corrected chi connectivity index (χ3v) is 3.45. The molecule has 1 aliphatic rings. The van der Waals surface area contributed by atoms with Crippen LogP contribution in [0.2, 0.25) is 5.02 Å². The number of likely N-dealkylation sites (tertiary alicyclic amines) is 1. The van der Waals surface area contributed by atoms with Crippen LogP contribution in [-0.4, -0.2) is 36.3 Å². The number of carbonyl (C=O) groups excluding carboxylic acids is 2. The summed E-state index contributed by atoms with van der Waals surface area (Å²) in [6.07, 6.45) is 2.05. The van der Waals surface area contributed by atoms with Crippen molar-refractivity contribution in [2.45, 2.75) is 12.8 Å². The predicted octanol–water partition coefficient (Wildman–Crippen LogP) is 1.27. The van der Waals surface area contributed by atoms with Gasteiger partial charge in [-0.05, 0) is 25.0 Å². The van der Waals surface area contributed by atoms with Crippen molar-refractivity contribution in [1.29, 1.82) is 0 Å². The number of carbonyl (C=O) groups is 2. The number of rotatable bonds is 3. The highest BCUT2D eigenvalue weighted by atomic mass is 35.5. The fourth-order valence-electron chi connectivity index (χ4n) is 2.10. The molecule has 1 heterocycles. The van der Waals surface area contributed by atoms with E-state index in [2.05, 4.69) is 5.32 Å². The van der Waals surface area contributed by atoms with E-state index in [1.54, 1.807) is 23.1 Å². The van der Waals surface area contributed by atoms with E-state index in [1.807, 2.05) is 0 Å². The third-order valence-electron chi connectivity index (χ3n) is 3.13. The molecule has 2 amide bonds. The first-order chi connectivity index (χ1) is 9.09. The Labute approximate surface area is 116 Å². The van der Waals surface area contributed by atoms with Gasteiger partial charge in [0.15, 0.2) is 0 Å². The predicted molar refractivity (Wildman–Crippen MR) is 74.0 cm³/mol. The minimum absolute atomic E-state index is 0.0243. The van der Waals surface area contributed by atoms with Crippen LogP contribution in [0.25, 0.3) is 0 Å². The Bertz CT molecular complexity index is 478. The lowest BCUT2D eigenvalue weighted by molar-refractivity contribution is -0.129. The van der Waals surface area contributed by atoms with Crippen LogP contribution >= 0.6 is 11.6 Å². The van der Waals surface area contributed by atoms with Gasteiger partial charge in [0.1, 0.15) is 0 Å². The highest BCUT2D eigenvalue weighted by Gasteiger charge is 2.19. The number of nitrogens with two attached hydrogens (primary N) is 1. The second-order valence-electron chi connectivity index (χ2n) is 4.47. The maximum atomic E-state index is 12.0. The number of hydrogen-bond donors (Lipinski definition) is 2. The van der Waals surface area contributed by atoms with Gasteiger partial charge in [0.2, 0.25) is 5.91 Å². The summed E-state index contributed by atoms with van der Waals surface area (Å²) in [6.45, 7) is 1.51. The number of hydrogen-bond acceptors (Lipinski definition) is 3. The monoisotopic (exact) mass is 281 g/mol. The van der Waals surface area contributed by atoms with E-state index >= 15 is 0 Å². The molecule has 102 valence electrons. The molecule has 1 saturated heterocycles. The van der Waals surface area contributed by atoms with Gasteiger partial charge in [-0.25, -0.2) is 0 Å². The van der Waals surface area contributed by atoms with Gasteiger partial charge in [-0.3, -0.25) is 9.59 Å². The molecule has 5 nitrogen and oxygen atoms in total. The largest absolute Gasteiger partial charge is 0.398 e. The smallest absolute Gasteiger partial charge is 0.255 e. The van der Waals surface area contributed by atoms with E-state index in [1.165, 1.54) is 0 Å². The lowest BCUT2D eigenvalue weighted by Gasteiger charge is -2.16. The highest BCUT2D eigenvalue weighted by molar-refractivity contribution is 6.34. The summed E-state index contributed by atoms with van der Waals surface area (Å²) in [6, 6.07) is 4.86. The first-order valence-electron chi connectivity index (χ1n) is 6.19. The Morgan fingerprint density at radius 3 is 2.63 bits per heavy atom. The van der Waals surface area contributed by atoms with E-state index in [-0.39, 0.29) is 23.0 Å². The molecule has 0 unspecified atom stereocenters. The highest BCUT2D eigenvalue weighted by Crippen LogP contribution is 2.21. The molecule has 1 fully saturated rings. The van der Waals surface area contributed by atoms with Gasteiger partial charge in [0.05, 0.1) is 17.1 Å². The first kappa shape index (κ1) is 13.7. The quantitative estimate of drug-likeness (QED) is 0.820.